The molecule has 8 nitrogen and oxygen atoms in total. The van der Waals surface area contributed by atoms with Gasteiger partial charge in [0.2, 0.25) is 5.91 Å². The van der Waals surface area contributed by atoms with E-state index in [1.54, 1.807) is 31.6 Å². The standard InChI is InChI=1S/C19H24N6O2/c1-20-19(27)15-5-4-9-22-18(15)23-10-7-17(26)25-13-11-24(12-14-25)16-6-2-3-8-21-16/h2-6,8-9H,7,10-14H2,1H3,(H,20,27)(H,22,23). The van der Waals surface area contributed by atoms with Crippen LogP contribution in [-0.2, 0) is 4.79 Å². The van der Waals surface area contributed by atoms with Crippen LogP contribution in [-0.4, -0.2) is 66.5 Å². The molecule has 2 N–H and O–H groups in total. The van der Waals surface area contributed by atoms with E-state index in [0.717, 1.165) is 18.9 Å². The van der Waals surface area contributed by atoms with E-state index < -0.39 is 0 Å². The molecule has 0 spiro atoms. The van der Waals surface area contributed by atoms with E-state index in [4.69, 9.17) is 0 Å². The summed E-state index contributed by atoms with van der Waals surface area (Å²) in [5.41, 5.74) is 0.469. The van der Waals surface area contributed by atoms with Gasteiger partial charge in [-0.15, -0.1) is 0 Å². The van der Waals surface area contributed by atoms with Crippen molar-refractivity contribution in [2.24, 2.45) is 0 Å². The Morgan fingerprint density at radius 3 is 2.52 bits per heavy atom. The topological polar surface area (TPSA) is 90.5 Å². The van der Waals surface area contributed by atoms with Gasteiger partial charge < -0.3 is 20.4 Å². The Bertz CT molecular complexity index is 775. The third kappa shape index (κ3) is 4.72. The van der Waals surface area contributed by atoms with Crippen molar-refractivity contribution in [1.29, 1.82) is 0 Å². The predicted molar refractivity (Wildman–Crippen MR) is 104 cm³/mol. The van der Waals surface area contributed by atoms with Crippen LogP contribution in [0, 0.1) is 0 Å². The summed E-state index contributed by atoms with van der Waals surface area (Å²) in [5, 5.41) is 5.68. The van der Waals surface area contributed by atoms with Crippen molar-refractivity contribution in [2.45, 2.75) is 6.42 Å². The van der Waals surface area contributed by atoms with Gasteiger partial charge in [0.05, 0.1) is 5.56 Å². The molecule has 0 aromatic carbocycles. The number of aromatic nitrogens is 2. The maximum atomic E-state index is 12.5. The van der Waals surface area contributed by atoms with Gasteiger partial charge in [0, 0.05) is 58.6 Å². The highest BCUT2D eigenvalue weighted by Gasteiger charge is 2.21. The molecule has 0 radical (unpaired) electrons. The number of piperazine rings is 1. The average Bonchev–Trinajstić information content (AvgIpc) is 2.74. The summed E-state index contributed by atoms with van der Waals surface area (Å²) < 4.78 is 0. The van der Waals surface area contributed by atoms with Crippen LogP contribution < -0.4 is 15.5 Å². The molecule has 8 heteroatoms. The number of pyridine rings is 2. The van der Waals surface area contributed by atoms with Gasteiger partial charge in [-0.3, -0.25) is 9.59 Å². The number of amides is 2. The predicted octanol–water partition coefficient (Wildman–Crippen LogP) is 0.987. The first-order valence-electron chi connectivity index (χ1n) is 9.04. The molecule has 0 bridgehead atoms. The molecule has 3 heterocycles. The molecule has 142 valence electrons. The van der Waals surface area contributed by atoms with Crippen molar-refractivity contribution in [1.82, 2.24) is 20.2 Å². The zero-order chi connectivity index (χ0) is 19.1. The lowest BCUT2D eigenvalue weighted by atomic mass is 10.2. The van der Waals surface area contributed by atoms with Crippen LogP contribution in [0.15, 0.2) is 42.7 Å². The van der Waals surface area contributed by atoms with Gasteiger partial charge in [-0.05, 0) is 24.3 Å². The van der Waals surface area contributed by atoms with E-state index in [1.807, 2.05) is 23.1 Å². The minimum absolute atomic E-state index is 0.0978. The summed E-state index contributed by atoms with van der Waals surface area (Å²) in [7, 11) is 1.58. The van der Waals surface area contributed by atoms with Gasteiger partial charge in [-0.1, -0.05) is 6.07 Å². The Balaban J connectivity index is 1.46. The van der Waals surface area contributed by atoms with Crippen molar-refractivity contribution < 1.29 is 9.59 Å². The summed E-state index contributed by atoms with van der Waals surface area (Å²) >= 11 is 0. The van der Waals surface area contributed by atoms with Crippen LogP contribution in [0.2, 0.25) is 0 Å². The van der Waals surface area contributed by atoms with Crippen LogP contribution in [0.25, 0.3) is 0 Å². The van der Waals surface area contributed by atoms with Gasteiger partial charge in [0.25, 0.3) is 5.91 Å². The third-order valence-electron chi connectivity index (χ3n) is 4.52. The van der Waals surface area contributed by atoms with Crippen LogP contribution in [0.5, 0.6) is 0 Å². The fourth-order valence-corrected chi connectivity index (χ4v) is 3.04. The maximum absolute atomic E-state index is 12.5. The molecule has 2 aromatic rings. The van der Waals surface area contributed by atoms with Crippen molar-refractivity contribution in [2.75, 3.05) is 50.0 Å². The van der Waals surface area contributed by atoms with Gasteiger partial charge >= 0.3 is 0 Å². The highest BCUT2D eigenvalue weighted by atomic mass is 16.2. The quantitative estimate of drug-likeness (QED) is 0.790. The first kappa shape index (κ1) is 18.6. The minimum atomic E-state index is -0.206. The van der Waals surface area contributed by atoms with Gasteiger partial charge in [-0.2, -0.15) is 0 Å². The van der Waals surface area contributed by atoms with Crippen molar-refractivity contribution in [3.05, 3.63) is 48.3 Å². The lowest BCUT2D eigenvalue weighted by Gasteiger charge is -2.35. The Hall–Kier alpha value is -3.16. The van der Waals surface area contributed by atoms with Gasteiger partial charge in [-0.25, -0.2) is 9.97 Å². The fraction of sp³-hybridized carbons (Fsp3) is 0.368. The molecule has 2 amide bonds. The molecule has 1 fully saturated rings. The Morgan fingerprint density at radius 2 is 1.81 bits per heavy atom. The Labute approximate surface area is 158 Å². The SMILES string of the molecule is CNC(=O)c1cccnc1NCCC(=O)N1CCN(c2ccccn2)CC1. The van der Waals surface area contributed by atoms with E-state index in [-0.39, 0.29) is 11.8 Å². The summed E-state index contributed by atoms with van der Waals surface area (Å²) in [4.78, 5) is 36.9. The molecule has 0 atom stereocenters. The van der Waals surface area contributed by atoms with E-state index in [0.29, 0.717) is 37.4 Å². The molecule has 0 unspecified atom stereocenters. The number of nitrogens with one attached hydrogen (secondary N) is 2. The van der Waals surface area contributed by atoms with Crippen molar-refractivity contribution in [3.8, 4) is 0 Å². The molecular weight excluding hydrogens is 344 g/mol. The highest BCUT2D eigenvalue weighted by Crippen LogP contribution is 2.14. The van der Waals surface area contributed by atoms with Crippen LogP contribution in [0.1, 0.15) is 16.8 Å². The molecular formula is C19H24N6O2. The van der Waals surface area contributed by atoms with Gasteiger partial charge in [0.15, 0.2) is 0 Å². The maximum Gasteiger partial charge on any atom is 0.254 e. The second-order valence-corrected chi connectivity index (χ2v) is 6.21. The summed E-state index contributed by atoms with van der Waals surface area (Å²) in [6.07, 6.45) is 3.75. The number of rotatable bonds is 6. The molecule has 1 aliphatic heterocycles. The normalized spacial score (nSPS) is 14.0. The number of hydrogen-bond acceptors (Lipinski definition) is 6. The highest BCUT2D eigenvalue weighted by molar-refractivity contribution is 5.98. The molecule has 27 heavy (non-hydrogen) atoms. The van der Waals surface area contributed by atoms with Crippen molar-refractivity contribution >= 4 is 23.5 Å². The molecule has 2 aromatic heterocycles. The minimum Gasteiger partial charge on any atom is -0.369 e. The average molecular weight is 368 g/mol. The summed E-state index contributed by atoms with van der Waals surface area (Å²) in [6, 6.07) is 9.26. The van der Waals surface area contributed by atoms with Crippen LogP contribution in [0.3, 0.4) is 0 Å². The first-order valence-corrected chi connectivity index (χ1v) is 9.04. The fourth-order valence-electron chi connectivity index (χ4n) is 3.04. The number of nitrogens with zero attached hydrogens (tertiary/aromatic N) is 4. The smallest absolute Gasteiger partial charge is 0.254 e. The zero-order valence-corrected chi connectivity index (χ0v) is 15.4. The zero-order valence-electron chi connectivity index (χ0n) is 15.4. The first-order chi connectivity index (χ1) is 13.2. The largest absolute Gasteiger partial charge is 0.369 e. The lowest BCUT2D eigenvalue weighted by Crippen LogP contribution is -2.49. The Kier molecular flexibility index (Phi) is 6.19. The van der Waals surface area contributed by atoms with E-state index in [9.17, 15) is 9.59 Å². The number of carbonyl (C=O) groups excluding carboxylic acids is 2. The van der Waals surface area contributed by atoms with E-state index in [2.05, 4.69) is 25.5 Å². The number of hydrogen-bond donors (Lipinski definition) is 2. The van der Waals surface area contributed by atoms with Crippen LogP contribution in [0.4, 0.5) is 11.6 Å². The van der Waals surface area contributed by atoms with Crippen LogP contribution >= 0.6 is 0 Å². The molecule has 3 rings (SSSR count). The molecule has 0 saturated carbocycles. The third-order valence-corrected chi connectivity index (χ3v) is 4.52. The molecule has 1 saturated heterocycles. The monoisotopic (exact) mass is 368 g/mol. The molecule has 1 aliphatic rings. The van der Waals surface area contributed by atoms with Crippen molar-refractivity contribution in [3.63, 3.8) is 0 Å². The second-order valence-electron chi connectivity index (χ2n) is 6.21. The lowest BCUT2D eigenvalue weighted by molar-refractivity contribution is -0.131. The summed E-state index contributed by atoms with van der Waals surface area (Å²) in [5.74, 6) is 1.33. The molecule has 0 aliphatic carbocycles. The van der Waals surface area contributed by atoms with E-state index >= 15 is 0 Å². The second kappa shape index (κ2) is 8.98. The van der Waals surface area contributed by atoms with E-state index in [1.165, 1.54) is 0 Å². The Morgan fingerprint density at radius 1 is 1.04 bits per heavy atom. The summed E-state index contributed by atoms with van der Waals surface area (Å²) in [6.45, 7) is 3.35. The number of carbonyl (C=O) groups is 2. The van der Waals surface area contributed by atoms with Gasteiger partial charge in [0.1, 0.15) is 11.6 Å². The number of anilines is 2.